The van der Waals surface area contributed by atoms with Crippen LogP contribution < -0.4 is 0 Å². The summed E-state index contributed by atoms with van der Waals surface area (Å²) in [4.78, 5) is 0. The summed E-state index contributed by atoms with van der Waals surface area (Å²) in [6.07, 6.45) is 38.3. The molecule has 0 aliphatic carbocycles. The highest BCUT2D eigenvalue weighted by Gasteiger charge is 2.26. The molecule has 0 amide bonds. The molecule has 0 saturated heterocycles. The number of phosphoric ester groups is 1. The normalized spacial score (nSPS) is 12.0. The van der Waals surface area contributed by atoms with Crippen LogP contribution in [0.5, 0.6) is 0 Å². The molecule has 0 aliphatic heterocycles. The van der Waals surface area contributed by atoms with Crippen LogP contribution in [0.15, 0.2) is 0 Å². The van der Waals surface area contributed by atoms with Gasteiger partial charge in [0.15, 0.2) is 0 Å². The van der Waals surface area contributed by atoms with E-state index in [0.29, 0.717) is 19.8 Å². The Morgan fingerprint density at radius 2 is 0.463 bits per heavy atom. The summed E-state index contributed by atoms with van der Waals surface area (Å²) in [5.41, 5.74) is 0. The van der Waals surface area contributed by atoms with Gasteiger partial charge in [-0.15, -0.1) is 0 Å². The third-order valence-corrected chi connectivity index (χ3v) is 9.74. The topological polar surface area (TPSA) is 44.8 Å². The molecule has 5 heteroatoms. The van der Waals surface area contributed by atoms with Gasteiger partial charge in [-0.3, -0.25) is 13.6 Å². The van der Waals surface area contributed by atoms with Crippen molar-refractivity contribution in [3.05, 3.63) is 0 Å². The zero-order chi connectivity index (χ0) is 30.0. The van der Waals surface area contributed by atoms with Crippen molar-refractivity contribution in [3.63, 3.8) is 0 Å². The van der Waals surface area contributed by atoms with Crippen molar-refractivity contribution in [2.75, 3.05) is 19.8 Å². The smallest absolute Gasteiger partial charge is 0.287 e. The highest BCUT2D eigenvalue weighted by Crippen LogP contribution is 2.50. The van der Waals surface area contributed by atoms with Crippen LogP contribution in [0, 0.1) is 0 Å². The van der Waals surface area contributed by atoms with Crippen molar-refractivity contribution in [2.24, 2.45) is 0 Å². The standard InChI is InChI=1S/C36H75O4P/c1-4-7-10-13-16-19-22-25-28-31-34-38-41(37,39-35-32-29-26-23-20-17-14-11-8-5-2)40-36-33-30-27-24-21-18-15-12-9-6-3/h4-36H2,1-3H3. The van der Waals surface area contributed by atoms with Crippen molar-refractivity contribution < 1.29 is 18.1 Å². The van der Waals surface area contributed by atoms with Crippen LogP contribution in [0.3, 0.4) is 0 Å². The number of unbranched alkanes of at least 4 members (excludes halogenated alkanes) is 27. The van der Waals surface area contributed by atoms with E-state index < -0.39 is 7.82 Å². The summed E-state index contributed by atoms with van der Waals surface area (Å²) in [5.74, 6) is 0. The molecular weight excluding hydrogens is 527 g/mol. The number of phosphoric acid groups is 1. The minimum Gasteiger partial charge on any atom is -0.287 e. The fourth-order valence-electron chi connectivity index (χ4n) is 5.41. The molecule has 0 saturated carbocycles. The fourth-order valence-corrected chi connectivity index (χ4v) is 6.69. The van der Waals surface area contributed by atoms with Crippen LogP contribution in [0.25, 0.3) is 0 Å². The molecule has 0 aromatic heterocycles. The van der Waals surface area contributed by atoms with Gasteiger partial charge in [-0.05, 0) is 19.3 Å². The van der Waals surface area contributed by atoms with E-state index in [1.54, 1.807) is 0 Å². The number of rotatable bonds is 36. The van der Waals surface area contributed by atoms with Gasteiger partial charge in [-0.1, -0.05) is 194 Å². The average molecular weight is 603 g/mol. The Morgan fingerprint density at radius 3 is 0.659 bits per heavy atom. The maximum absolute atomic E-state index is 13.3. The van der Waals surface area contributed by atoms with E-state index in [1.165, 1.54) is 154 Å². The molecule has 41 heavy (non-hydrogen) atoms. The lowest BCUT2D eigenvalue weighted by Gasteiger charge is -2.18. The minimum absolute atomic E-state index is 0.476. The van der Waals surface area contributed by atoms with Crippen LogP contribution in [0.2, 0.25) is 0 Å². The lowest BCUT2D eigenvalue weighted by molar-refractivity contribution is 0.108. The van der Waals surface area contributed by atoms with Crippen molar-refractivity contribution in [1.82, 2.24) is 0 Å². The first-order valence-corrected chi connectivity index (χ1v) is 20.2. The molecule has 0 aromatic rings. The second kappa shape index (κ2) is 34.6. The van der Waals surface area contributed by atoms with Crippen LogP contribution in [-0.2, 0) is 18.1 Å². The second-order valence-corrected chi connectivity index (χ2v) is 14.2. The van der Waals surface area contributed by atoms with Gasteiger partial charge in [0, 0.05) is 0 Å². The molecule has 0 aromatic carbocycles. The quantitative estimate of drug-likeness (QED) is 0.0528. The maximum Gasteiger partial charge on any atom is 0.474 e. The molecule has 0 unspecified atom stereocenters. The molecule has 0 radical (unpaired) electrons. The van der Waals surface area contributed by atoms with Gasteiger partial charge in [0.05, 0.1) is 19.8 Å². The molecule has 0 fully saturated rings. The average Bonchev–Trinajstić information content (AvgIpc) is 2.97. The molecule has 0 rings (SSSR count). The first kappa shape index (κ1) is 41.1. The van der Waals surface area contributed by atoms with E-state index in [2.05, 4.69) is 20.8 Å². The SMILES string of the molecule is CCCCCCCCCCCCOP(=O)(OCCCCCCCCCCCC)OCCCCCCCCCCCC. The van der Waals surface area contributed by atoms with Crippen LogP contribution in [0.1, 0.15) is 213 Å². The van der Waals surface area contributed by atoms with E-state index in [1.807, 2.05) is 0 Å². The number of hydrogen-bond donors (Lipinski definition) is 0. The van der Waals surface area contributed by atoms with E-state index in [-0.39, 0.29) is 0 Å². The van der Waals surface area contributed by atoms with Crippen LogP contribution in [0.4, 0.5) is 0 Å². The number of hydrogen-bond acceptors (Lipinski definition) is 4. The molecule has 0 spiro atoms. The Labute approximate surface area is 258 Å². The summed E-state index contributed by atoms with van der Waals surface area (Å²) in [5, 5.41) is 0. The lowest BCUT2D eigenvalue weighted by Crippen LogP contribution is -2.04. The second-order valence-electron chi connectivity index (χ2n) is 12.5. The summed E-state index contributed by atoms with van der Waals surface area (Å²) < 4.78 is 30.7. The molecule has 0 bridgehead atoms. The molecule has 0 heterocycles. The summed E-state index contributed by atoms with van der Waals surface area (Å²) in [6.45, 7) is 8.24. The monoisotopic (exact) mass is 603 g/mol. The van der Waals surface area contributed by atoms with Gasteiger partial charge in [-0.2, -0.15) is 0 Å². The van der Waals surface area contributed by atoms with Crippen LogP contribution >= 0.6 is 7.82 Å². The van der Waals surface area contributed by atoms with E-state index in [9.17, 15) is 4.57 Å². The van der Waals surface area contributed by atoms with Gasteiger partial charge < -0.3 is 0 Å². The Hall–Kier alpha value is 0.110. The van der Waals surface area contributed by atoms with E-state index >= 15 is 0 Å². The van der Waals surface area contributed by atoms with Crippen LogP contribution in [-0.4, -0.2) is 19.8 Å². The Morgan fingerprint density at radius 1 is 0.293 bits per heavy atom. The summed E-state index contributed by atoms with van der Waals surface area (Å²) >= 11 is 0. The van der Waals surface area contributed by atoms with Gasteiger partial charge in [-0.25, -0.2) is 4.57 Å². The van der Waals surface area contributed by atoms with Gasteiger partial charge in [0.25, 0.3) is 0 Å². The largest absolute Gasteiger partial charge is 0.474 e. The van der Waals surface area contributed by atoms with Crippen molar-refractivity contribution in [1.29, 1.82) is 0 Å². The summed E-state index contributed by atoms with van der Waals surface area (Å²) in [7, 11) is -3.45. The first-order chi connectivity index (χ1) is 20.2. The van der Waals surface area contributed by atoms with Crippen molar-refractivity contribution in [2.45, 2.75) is 213 Å². The van der Waals surface area contributed by atoms with E-state index in [0.717, 1.165) is 38.5 Å². The third kappa shape index (κ3) is 32.9. The fraction of sp³-hybridized carbons (Fsp3) is 1.00. The van der Waals surface area contributed by atoms with Gasteiger partial charge in [0.1, 0.15) is 0 Å². The first-order valence-electron chi connectivity index (χ1n) is 18.7. The highest BCUT2D eigenvalue weighted by molar-refractivity contribution is 7.48. The molecule has 4 nitrogen and oxygen atoms in total. The lowest BCUT2D eigenvalue weighted by atomic mass is 10.1. The zero-order valence-corrected chi connectivity index (χ0v) is 29.3. The maximum atomic E-state index is 13.3. The molecule has 248 valence electrons. The Bertz CT molecular complexity index is 456. The third-order valence-electron chi connectivity index (χ3n) is 8.24. The Kier molecular flexibility index (Phi) is 34.7. The van der Waals surface area contributed by atoms with Gasteiger partial charge in [0.2, 0.25) is 0 Å². The minimum atomic E-state index is -3.45. The molecule has 0 aliphatic rings. The zero-order valence-electron chi connectivity index (χ0n) is 28.4. The van der Waals surface area contributed by atoms with Crippen molar-refractivity contribution in [3.8, 4) is 0 Å². The predicted octanol–water partition coefficient (Wildman–Crippen LogP) is 13.9. The van der Waals surface area contributed by atoms with Crippen molar-refractivity contribution >= 4 is 7.82 Å². The Balaban J connectivity index is 4.07. The predicted molar refractivity (Wildman–Crippen MR) is 181 cm³/mol. The molecule has 0 atom stereocenters. The van der Waals surface area contributed by atoms with E-state index in [4.69, 9.17) is 13.6 Å². The molecule has 0 N–H and O–H groups in total. The summed E-state index contributed by atoms with van der Waals surface area (Å²) in [6, 6.07) is 0. The molecular formula is C36H75O4P. The highest BCUT2D eigenvalue weighted by atomic mass is 31.2. The van der Waals surface area contributed by atoms with Gasteiger partial charge >= 0.3 is 7.82 Å².